The van der Waals surface area contributed by atoms with Gasteiger partial charge in [-0.1, -0.05) is 0 Å². The van der Waals surface area contributed by atoms with Crippen molar-refractivity contribution in [3.8, 4) is 0 Å². The molecule has 0 aromatic heterocycles. The van der Waals surface area contributed by atoms with Crippen molar-refractivity contribution in [2.45, 2.75) is 25.9 Å². The van der Waals surface area contributed by atoms with Crippen LogP contribution in [0.15, 0.2) is 0 Å². The van der Waals surface area contributed by atoms with Crippen molar-refractivity contribution in [1.29, 1.82) is 0 Å². The summed E-state index contributed by atoms with van der Waals surface area (Å²) in [6.45, 7) is 4.57. The predicted molar refractivity (Wildman–Crippen MR) is 58.8 cm³/mol. The SMILES string of the molecule is CO[Si](C)(C)CNC(=O)N1CCCC1=O. The lowest BCUT2D eigenvalue weighted by molar-refractivity contribution is -0.125. The van der Waals surface area contributed by atoms with Gasteiger partial charge in [0.15, 0.2) is 0 Å². The van der Waals surface area contributed by atoms with Gasteiger partial charge in [-0.2, -0.15) is 0 Å². The highest BCUT2D eigenvalue weighted by molar-refractivity contribution is 6.71. The Labute approximate surface area is 90.9 Å². The Morgan fingerprint density at radius 3 is 2.73 bits per heavy atom. The smallest absolute Gasteiger partial charge is 0.323 e. The molecule has 1 saturated heterocycles. The highest BCUT2D eigenvalue weighted by atomic mass is 28.4. The topological polar surface area (TPSA) is 58.6 Å². The number of carbonyl (C=O) groups is 2. The first-order valence-electron chi connectivity index (χ1n) is 5.09. The van der Waals surface area contributed by atoms with E-state index in [4.69, 9.17) is 4.43 Å². The summed E-state index contributed by atoms with van der Waals surface area (Å²) in [6, 6.07) is -0.282. The Morgan fingerprint density at radius 2 is 2.27 bits per heavy atom. The number of nitrogens with one attached hydrogen (secondary N) is 1. The van der Waals surface area contributed by atoms with E-state index in [9.17, 15) is 9.59 Å². The van der Waals surface area contributed by atoms with Gasteiger partial charge in [0.25, 0.3) is 0 Å². The van der Waals surface area contributed by atoms with Crippen LogP contribution in [0, 0.1) is 0 Å². The second-order valence-electron chi connectivity index (χ2n) is 4.27. The third-order valence-electron chi connectivity index (χ3n) is 2.54. The van der Waals surface area contributed by atoms with E-state index in [1.54, 1.807) is 7.11 Å². The summed E-state index contributed by atoms with van der Waals surface area (Å²) >= 11 is 0. The van der Waals surface area contributed by atoms with Crippen LogP contribution in [0.25, 0.3) is 0 Å². The molecular weight excluding hydrogens is 212 g/mol. The minimum atomic E-state index is -1.78. The molecule has 1 aliphatic rings. The van der Waals surface area contributed by atoms with Crippen LogP contribution in [0.1, 0.15) is 12.8 Å². The minimum Gasteiger partial charge on any atom is -0.419 e. The maximum absolute atomic E-state index is 11.6. The molecule has 1 rings (SSSR count). The number of rotatable bonds is 3. The molecule has 0 bridgehead atoms. The number of hydrogen-bond acceptors (Lipinski definition) is 3. The van der Waals surface area contributed by atoms with E-state index < -0.39 is 8.32 Å². The van der Waals surface area contributed by atoms with Gasteiger partial charge in [0.2, 0.25) is 14.2 Å². The first-order chi connectivity index (χ1) is 6.96. The van der Waals surface area contributed by atoms with Crippen LogP contribution in [0.4, 0.5) is 4.79 Å². The van der Waals surface area contributed by atoms with Crippen molar-refractivity contribution in [2.24, 2.45) is 0 Å². The van der Waals surface area contributed by atoms with Gasteiger partial charge in [0.05, 0.1) is 0 Å². The molecule has 0 atom stereocenters. The molecule has 1 N–H and O–H groups in total. The van der Waals surface area contributed by atoms with Gasteiger partial charge in [-0.25, -0.2) is 4.79 Å². The molecule has 0 spiro atoms. The van der Waals surface area contributed by atoms with Crippen LogP contribution in [0.5, 0.6) is 0 Å². The molecule has 0 radical (unpaired) electrons. The van der Waals surface area contributed by atoms with Gasteiger partial charge in [-0.3, -0.25) is 9.69 Å². The Morgan fingerprint density at radius 1 is 1.60 bits per heavy atom. The third-order valence-corrected chi connectivity index (χ3v) is 4.67. The van der Waals surface area contributed by atoms with E-state index in [-0.39, 0.29) is 11.9 Å². The largest absolute Gasteiger partial charge is 0.419 e. The van der Waals surface area contributed by atoms with E-state index in [1.165, 1.54) is 4.90 Å². The molecule has 0 aliphatic carbocycles. The average molecular weight is 230 g/mol. The van der Waals surface area contributed by atoms with Crippen molar-refractivity contribution in [3.05, 3.63) is 0 Å². The third kappa shape index (κ3) is 3.31. The minimum absolute atomic E-state index is 0.0793. The Kier molecular flexibility index (Phi) is 3.87. The summed E-state index contributed by atoms with van der Waals surface area (Å²) < 4.78 is 5.30. The lowest BCUT2D eigenvalue weighted by Crippen LogP contribution is -2.49. The van der Waals surface area contributed by atoms with Crippen LogP contribution in [-0.4, -0.2) is 45.0 Å². The fraction of sp³-hybridized carbons (Fsp3) is 0.778. The molecule has 3 amide bonds. The van der Waals surface area contributed by atoms with E-state index in [0.717, 1.165) is 6.42 Å². The van der Waals surface area contributed by atoms with Gasteiger partial charge < -0.3 is 9.74 Å². The number of likely N-dealkylation sites (tertiary alicyclic amines) is 1. The van der Waals surface area contributed by atoms with Gasteiger partial charge in [0, 0.05) is 26.2 Å². The quantitative estimate of drug-likeness (QED) is 0.726. The Hall–Kier alpha value is -0.883. The molecule has 0 aromatic rings. The van der Waals surface area contributed by atoms with Crippen molar-refractivity contribution >= 4 is 20.3 Å². The van der Waals surface area contributed by atoms with Crippen molar-refractivity contribution in [1.82, 2.24) is 10.2 Å². The number of amides is 3. The monoisotopic (exact) mass is 230 g/mol. The summed E-state index contributed by atoms with van der Waals surface area (Å²) in [5.41, 5.74) is 0. The number of hydrogen-bond donors (Lipinski definition) is 1. The van der Waals surface area contributed by atoms with Gasteiger partial charge in [-0.05, 0) is 19.5 Å². The lowest BCUT2D eigenvalue weighted by atomic mass is 10.4. The number of nitrogens with zero attached hydrogens (tertiary/aromatic N) is 1. The summed E-state index contributed by atoms with van der Waals surface area (Å²) in [5, 5.41) is 2.75. The van der Waals surface area contributed by atoms with Gasteiger partial charge in [0.1, 0.15) is 0 Å². The van der Waals surface area contributed by atoms with Crippen LogP contribution in [0.3, 0.4) is 0 Å². The molecule has 0 unspecified atom stereocenters. The number of imide groups is 1. The van der Waals surface area contributed by atoms with Crippen molar-refractivity contribution < 1.29 is 14.0 Å². The van der Waals surface area contributed by atoms with Crippen LogP contribution >= 0.6 is 0 Å². The molecule has 15 heavy (non-hydrogen) atoms. The van der Waals surface area contributed by atoms with Crippen molar-refractivity contribution in [3.63, 3.8) is 0 Å². The lowest BCUT2D eigenvalue weighted by Gasteiger charge is -2.22. The van der Waals surface area contributed by atoms with E-state index in [2.05, 4.69) is 5.32 Å². The first kappa shape index (κ1) is 12.2. The van der Waals surface area contributed by atoms with E-state index in [1.807, 2.05) is 13.1 Å². The molecule has 1 heterocycles. The second-order valence-corrected chi connectivity index (χ2v) is 8.55. The second kappa shape index (κ2) is 4.76. The highest BCUT2D eigenvalue weighted by Gasteiger charge is 2.28. The summed E-state index contributed by atoms with van der Waals surface area (Å²) in [5.74, 6) is -0.0793. The fourth-order valence-corrected chi connectivity index (χ4v) is 2.04. The highest BCUT2D eigenvalue weighted by Crippen LogP contribution is 2.09. The Bertz CT molecular complexity index is 268. The molecule has 1 fully saturated rings. The zero-order valence-electron chi connectivity index (χ0n) is 9.50. The zero-order valence-corrected chi connectivity index (χ0v) is 10.5. The van der Waals surface area contributed by atoms with Crippen LogP contribution < -0.4 is 5.32 Å². The van der Waals surface area contributed by atoms with Gasteiger partial charge in [-0.15, -0.1) is 0 Å². The molecule has 6 heteroatoms. The average Bonchev–Trinajstić information content (AvgIpc) is 2.61. The standard InChI is InChI=1S/C9H18N2O3Si/c1-14-15(2,3)7-10-9(13)11-6-4-5-8(11)12/h4-7H2,1-3H3,(H,10,13). The molecule has 0 aromatic carbocycles. The number of carbonyl (C=O) groups excluding carboxylic acids is 2. The molecule has 0 saturated carbocycles. The van der Waals surface area contributed by atoms with Crippen LogP contribution in [-0.2, 0) is 9.22 Å². The van der Waals surface area contributed by atoms with Crippen molar-refractivity contribution in [2.75, 3.05) is 19.8 Å². The molecular formula is C9H18N2O3Si. The summed E-state index contributed by atoms with van der Waals surface area (Å²) in [6.07, 6.45) is 1.79. The van der Waals surface area contributed by atoms with E-state index in [0.29, 0.717) is 19.1 Å². The van der Waals surface area contributed by atoms with Crippen LogP contribution in [0.2, 0.25) is 13.1 Å². The molecule has 5 nitrogen and oxygen atoms in total. The predicted octanol–water partition coefficient (Wildman–Crippen LogP) is 0.709. The normalized spacial score (nSPS) is 17.0. The summed E-state index contributed by atoms with van der Waals surface area (Å²) in [4.78, 5) is 24.1. The molecule has 86 valence electrons. The fourth-order valence-electron chi connectivity index (χ4n) is 1.32. The zero-order chi connectivity index (χ0) is 11.5. The maximum Gasteiger partial charge on any atom is 0.323 e. The van der Waals surface area contributed by atoms with E-state index >= 15 is 0 Å². The maximum atomic E-state index is 11.6. The Balaban J connectivity index is 2.39. The summed E-state index contributed by atoms with van der Waals surface area (Å²) in [7, 11) is -0.131. The van der Waals surface area contributed by atoms with Gasteiger partial charge >= 0.3 is 6.03 Å². The number of urea groups is 1. The molecule has 1 aliphatic heterocycles. The first-order valence-corrected chi connectivity index (χ1v) is 8.21.